The highest BCUT2D eigenvalue weighted by molar-refractivity contribution is 6.32. The van der Waals surface area contributed by atoms with Gasteiger partial charge in [-0.1, -0.05) is 25.4 Å². The maximum Gasteiger partial charge on any atom is 0.340 e. The fraction of sp³-hybridized carbons (Fsp3) is 0.444. The van der Waals surface area contributed by atoms with Crippen molar-refractivity contribution in [1.82, 2.24) is 9.97 Å². The monoisotopic (exact) mass is 214 g/mol. The minimum atomic E-state index is -1.08. The van der Waals surface area contributed by atoms with E-state index in [1.54, 1.807) is 6.92 Å². The number of rotatable bonds is 2. The Morgan fingerprint density at radius 2 is 2.00 bits per heavy atom. The summed E-state index contributed by atoms with van der Waals surface area (Å²) >= 11 is 5.74. The molecule has 1 aromatic rings. The predicted octanol–water partition coefficient (Wildman–Crippen LogP) is 2.26. The summed E-state index contributed by atoms with van der Waals surface area (Å²) in [6.45, 7) is 5.42. The Morgan fingerprint density at radius 3 is 2.43 bits per heavy atom. The third-order valence-electron chi connectivity index (χ3n) is 1.77. The molecule has 76 valence electrons. The molecule has 0 amide bonds. The van der Waals surface area contributed by atoms with E-state index in [0.29, 0.717) is 11.5 Å². The van der Waals surface area contributed by atoms with Crippen molar-refractivity contribution in [2.45, 2.75) is 26.7 Å². The lowest BCUT2D eigenvalue weighted by atomic mass is 10.1. The lowest BCUT2D eigenvalue weighted by Gasteiger charge is -2.10. The number of nitrogens with zero attached hydrogens (tertiary/aromatic N) is 2. The smallest absolute Gasteiger partial charge is 0.340 e. The fourth-order valence-electron chi connectivity index (χ4n) is 1.17. The number of hydrogen-bond acceptors (Lipinski definition) is 3. The van der Waals surface area contributed by atoms with Gasteiger partial charge in [-0.15, -0.1) is 0 Å². The number of hydrogen-bond donors (Lipinski definition) is 1. The molecule has 1 rings (SSSR count). The molecule has 0 fully saturated rings. The van der Waals surface area contributed by atoms with Gasteiger partial charge in [0.15, 0.2) is 0 Å². The Kier molecular flexibility index (Phi) is 3.06. The topological polar surface area (TPSA) is 63.1 Å². The van der Waals surface area contributed by atoms with E-state index in [1.807, 2.05) is 13.8 Å². The van der Waals surface area contributed by atoms with Crippen molar-refractivity contribution in [3.63, 3.8) is 0 Å². The van der Waals surface area contributed by atoms with Gasteiger partial charge in [0.2, 0.25) is 0 Å². The molecule has 1 N–H and O–H groups in total. The molecule has 0 saturated carbocycles. The molecule has 0 radical (unpaired) electrons. The Bertz CT molecular complexity index is 377. The molecule has 14 heavy (non-hydrogen) atoms. The fourth-order valence-corrected chi connectivity index (χ4v) is 1.47. The molecule has 0 aromatic carbocycles. The van der Waals surface area contributed by atoms with Crippen LogP contribution in [0.15, 0.2) is 0 Å². The van der Waals surface area contributed by atoms with Crippen LogP contribution in [0.3, 0.4) is 0 Å². The lowest BCUT2D eigenvalue weighted by molar-refractivity contribution is 0.0694. The van der Waals surface area contributed by atoms with Crippen molar-refractivity contribution in [2.24, 2.45) is 0 Å². The molecule has 0 aliphatic heterocycles. The average Bonchev–Trinajstić information content (AvgIpc) is 2.01. The molecule has 1 heterocycles. The summed E-state index contributed by atoms with van der Waals surface area (Å²) in [6, 6.07) is 0. The first-order chi connectivity index (χ1) is 6.43. The summed E-state index contributed by atoms with van der Waals surface area (Å²) in [5, 5.41) is 8.93. The SMILES string of the molecule is Cc1nc(Cl)c(C(=O)O)c(C(C)C)n1. The van der Waals surface area contributed by atoms with Crippen molar-refractivity contribution >= 4 is 17.6 Å². The molecular weight excluding hydrogens is 204 g/mol. The number of carbonyl (C=O) groups is 1. The van der Waals surface area contributed by atoms with Crippen molar-refractivity contribution in [3.8, 4) is 0 Å². The first kappa shape index (κ1) is 10.9. The average molecular weight is 215 g/mol. The van der Waals surface area contributed by atoms with Crippen LogP contribution in [-0.2, 0) is 0 Å². The van der Waals surface area contributed by atoms with Crippen LogP contribution < -0.4 is 0 Å². The van der Waals surface area contributed by atoms with Gasteiger partial charge in [0.1, 0.15) is 16.5 Å². The van der Waals surface area contributed by atoms with Gasteiger partial charge in [-0.3, -0.25) is 0 Å². The van der Waals surface area contributed by atoms with Gasteiger partial charge in [0, 0.05) is 0 Å². The summed E-state index contributed by atoms with van der Waals surface area (Å²) in [7, 11) is 0. The van der Waals surface area contributed by atoms with Crippen LogP contribution in [0.25, 0.3) is 0 Å². The van der Waals surface area contributed by atoms with E-state index >= 15 is 0 Å². The molecule has 0 unspecified atom stereocenters. The Morgan fingerprint density at radius 1 is 1.43 bits per heavy atom. The number of carboxylic acid groups (broad SMARTS) is 1. The zero-order valence-corrected chi connectivity index (χ0v) is 8.96. The van der Waals surface area contributed by atoms with Gasteiger partial charge in [-0.05, 0) is 12.8 Å². The number of halogens is 1. The number of aromatic carboxylic acids is 1. The second kappa shape index (κ2) is 3.92. The Balaban J connectivity index is 3.44. The van der Waals surface area contributed by atoms with Crippen molar-refractivity contribution < 1.29 is 9.90 Å². The van der Waals surface area contributed by atoms with E-state index in [0.717, 1.165) is 0 Å². The van der Waals surface area contributed by atoms with Crippen molar-refractivity contribution in [3.05, 3.63) is 22.2 Å². The number of carboxylic acids is 1. The molecule has 0 aliphatic carbocycles. The minimum absolute atomic E-state index is 0.00673. The number of aryl methyl sites for hydroxylation is 1. The van der Waals surface area contributed by atoms with Crippen molar-refractivity contribution in [2.75, 3.05) is 0 Å². The van der Waals surface area contributed by atoms with E-state index in [9.17, 15) is 4.79 Å². The summed E-state index contributed by atoms with van der Waals surface area (Å²) in [5.74, 6) is -0.581. The zero-order chi connectivity index (χ0) is 10.9. The Labute approximate surface area is 87.0 Å². The van der Waals surface area contributed by atoms with Gasteiger partial charge < -0.3 is 5.11 Å². The summed E-state index contributed by atoms with van der Waals surface area (Å²) in [6.07, 6.45) is 0. The van der Waals surface area contributed by atoms with E-state index in [4.69, 9.17) is 16.7 Å². The van der Waals surface area contributed by atoms with Gasteiger partial charge in [-0.25, -0.2) is 14.8 Å². The predicted molar refractivity (Wildman–Crippen MR) is 52.8 cm³/mol. The van der Waals surface area contributed by atoms with Gasteiger partial charge in [-0.2, -0.15) is 0 Å². The highest BCUT2D eigenvalue weighted by Gasteiger charge is 2.19. The van der Waals surface area contributed by atoms with E-state index in [2.05, 4.69) is 9.97 Å². The third-order valence-corrected chi connectivity index (χ3v) is 2.04. The second-order valence-corrected chi connectivity index (χ2v) is 3.64. The maximum atomic E-state index is 10.9. The van der Waals surface area contributed by atoms with Gasteiger partial charge >= 0.3 is 5.97 Å². The summed E-state index contributed by atoms with van der Waals surface area (Å²) in [5.41, 5.74) is 0.488. The highest BCUT2D eigenvalue weighted by atomic mass is 35.5. The molecule has 0 aliphatic rings. The lowest BCUT2D eigenvalue weighted by Crippen LogP contribution is -2.10. The first-order valence-corrected chi connectivity index (χ1v) is 4.58. The van der Waals surface area contributed by atoms with E-state index in [1.165, 1.54) is 0 Å². The molecule has 0 atom stereocenters. The van der Waals surface area contributed by atoms with Crippen molar-refractivity contribution in [1.29, 1.82) is 0 Å². The largest absolute Gasteiger partial charge is 0.478 e. The standard InChI is InChI=1S/C9H11ClN2O2/c1-4(2)7-6(9(13)14)8(10)12-5(3)11-7/h4H,1-3H3,(H,13,14). The molecule has 4 nitrogen and oxygen atoms in total. The minimum Gasteiger partial charge on any atom is -0.478 e. The molecule has 0 bridgehead atoms. The molecule has 1 aromatic heterocycles. The highest BCUT2D eigenvalue weighted by Crippen LogP contribution is 2.22. The summed E-state index contributed by atoms with van der Waals surface area (Å²) < 4.78 is 0. The first-order valence-electron chi connectivity index (χ1n) is 4.20. The van der Waals surface area contributed by atoms with Gasteiger partial charge in [0.05, 0.1) is 5.69 Å². The molecule has 0 saturated heterocycles. The van der Waals surface area contributed by atoms with E-state index < -0.39 is 5.97 Å². The Hall–Kier alpha value is -1.16. The van der Waals surface area contributed by atoms with Crippen LogP contribution >= 0.6 is 11.6 Å². The van der Waals surface area contributed by atoms with E-state index in [-0.39, 0.29) is 16.6 Å². The van der Waals surface area contributed by atoms with Gasteiger partial charge in [0.25, 0.3) is 0 Å². The van der Waals surface area contributed by atoms with Crippen LogP contribution in [0.4, 0.5) is 0 Å². The van der Waals surface area contributed by atoms with Crippen LogP contribution in [0.2, 0.25) is 5.15 Å². The maximum absolute atomic E-state index is 10.9. The number of aromatic nitrogens is 2. The normalized spacial score (nSPS) is 10.6. The zero-order valence-electron chi connectivity index (χ0n) is 8.21. The third kappa shape index (κ3) is 2.01. The van der Waals surface area contributed by atoms with Crippen LogP contribution in [0.5, 0.6) is 0 Å². The quantitative estimate of drug-likeness (QED) is 0.767. The second-order valence-electron chi connectivity index (χ2n) is 3.28. The summed E-state index contributed by atoms with van der Waals surface area (Å²) in [4.78, 5) is 18.8. The molecule has 5 heteroatoms. The van der Waals surface area contributed by atoms with Crippen LogP contribution in [0, 0.1) is 6.92 Å². The molecule has 0 spiro atoms. The van der Waals surface area contributed by atoms with Crippen LogP contribution in [0.1, 0.15) is 41.6 Å². The molecular formula is C9H11ClN2O2. The van der Waals surface area contributed by atoms with Crippen LogP contribution in [-0.4, -0.2) is 21.0 Å².